The van der Waals surface area contributed by atoms with Gasteiger partial charge in [-0.3, -0.25) is 9.59 Å². The van der Waals surface area contributed by atoms with Crippen molar-refractivity contribution in [3.05, 3.63) is 57.8 Å². The number of nitrogens with one attached hydrogen (secondary N) is 2. The molecule has 2 aromatic rings. The topological polar surface area (TPSA) is 71.1 Å². The molecule has 5 nitrogen and oxygen atoms in total. The number of hydrogen-bond acceptors (Lipinski definition) is 3. The fourth-order valence-corrected chi connectivity index (χ4v) is 2.19. The van der Waals surface area contributed by atoms with Gasteiger partial charge in [0.1, 0.15) is 5.15 Å². The maximum absolute atomic E-state index is 12.3. The molecular formula is C17H17Cl2N3O2. The summed E-state index contributed by atoms with van der Waals surface area (Å²) in [5.74, 6) is -0.338. The van der Waals surface area contributed by atoms with Crippen molar-refractivity contribution in [1.29, 1.82) is 0 Å². The zero-order chi connectivity index (χ0) is 17.7. The number of carbonyl (C=O) groups is 2. The number of halogens is 2. The van der Waals surface area contributed by atoms with E-state index in [9.17, 15) is 9.59 Å². The lowest BCUT2D eigenvalue weighted by molar-refractivity contribution is 0.0950. The van der Waals surface area contributed by atoms with Crippen LogP contribution >= 0.6 is 23.2 Å². The van der Waals surface area contributed by atoms with E-state index in [-0.39, 0.29) is 21.6 Å². The summed E-state index contributed by atoms with van der Waals surface area (Å²) in [6.07, 6.45) is 1.32. The second-order valence-electron chi connectivity index (χ2n) is 5.60. The smallest absolute Gasteiger partial charge is 0.257 e. The number of para-hydroxylation sites is 1. The largest absolute Gasteiger partial charge is 0.352 e. The van der Waals surface area contributed by atoms with Crippen LogP contribution in [0.1, 0.15) is 34.6 Å². The summed E-state index contributed by atoms with van der Waals surface area (Å²) in [4.78, 5) is 28.4. The van der Waals surface area contributed by atoms with E-state index >= 15 is 0 Å². The first kappa shape index (κ1) is 18.2. The summed E-state index contributed by atoms with van der Waals surface area (Å²) in [5, 5.41) is 5.84. The minimum absolute atomic E-state index is 0.127. The Morgan fingerprint density at radius 3 is 2.54 bits per heavy atom. The Bertz CT molecular complexity index is 763. The van der Waals surface area contributed by atoms with E-state index in [0.717, 1.165) is 0 Å². The van der Waals surface area contributed by atoms with Gasteiger partial charge in [-0.25, -0.2) is 4.98 Å². The summed E-state index contributed by atoms with van der Waals surface area (Å²) in [6, 6.07) is 8.21. The van der Waals surface area contributed by atoms with Crippen LogP contribution in [0.5, 0.6) is 0 Å². The molecule has 0 saturated heterocycles. The second kappa shape index (κ2) is 8.13. The highest BCUT2D eigenvalue weighted by Gasteiger charge is 2.15. The Morgan fingerprint density at radius 2 is 1.88 bits per heavy atom. The molecule has 1 aromatic heterocycles. The predicted molar refractivity (Wildman–Crippen MR) is 95.8 cm³/mol. The van der Waals surface area contributed by atoms with E-state index in [1.54, 1.807) is 24.3 Å². The molecule has 0 aliphatic heterocycles. The van der Waals surface area contributed by atoms with E-state index in [2.05, 4.69) is 15.6 Å². The van der Waals surface area contributed by atoms with Gasteiger partial charge < -0.3 is 10.6 Å². The van der Waals surface area contributed by atoms with Crippen LogP contribution in [0.2, 0.25) is 10.2 Å². The normalized spacial score (nSPS) is 10.5. The summed E-state index contributed by atoms with van der Waals surface area (Å²) in [7, 11) is 0. The number of benzene rings is 1. The molecule has 126 valence electrons. The van der Waals surface area contributed by atoms with Crippen molar-refractivity contribution in [3.63, 3.8) is 0 Å². The molecule has 0 saturated carbocycles. The lowest BCUT2D eigenvalue weighted by Gasteiger charge is -2.12. The first-order chi connectivity index (χ1) is 11.4. The minimum Gasteiger partial charge on any atom is -0.352 e. The Labute approximate surface area is 150 Å². The van der Waals surface area contributed by atoms with Crippen LogP contribution in [0.4, 0.5) is 5.69 Å². The van der Waals surface area contributed by atoms with Crippen LogP contribution < -0.4 is 10.6 Å². The number of carbonyl (C=O) groups excluding carboxylic acids is 2. The van der Waals surface area contributed by atoms with Crippen molar-refractivity contribution in [3.8, 4) is 0 Å². The van der Waals surface area contributed by atoms with E-state index in [1.807, 2.05) is 13.8 Å². The molecule has 0 aliphatic carbocycles. The van der Waals surface area contributed by atoms with Crippen molar-refractivity contribution in [2.45, 2.75) is 13.8 Å². The van der Waals surface area contributed by atoms with E-state index in [0.29, 0.717) is 23.7 Å². The number of amides is 2. The van der Waals surface area contributed by atoms with Gasteiger partial charge in [-0.15, -0.1) is 0 Å². The van der Waals surface area contributed by atoms with Crippen LogP contribution in [0.3, 0.4) is 0 Å². The van der Waals surface area contributed by atoms with Crippen molar-refractivity contribution < 1.29 is 9.59 Å². The van der Waals surface area contributed by atoms with Gasteiger partial charge in [-0.2, -0.15) is 0 Å². The summed E-state index contributed by atoms with van der Waals surface area (Å²) in [6.45, 7) is 4.56. The van der Waals surface area contributed by atoms with Gasteiger partial charge in [-0.1, -0.05) is 49.2 Å². The molecule has 0 radical (unpaired) electrons. The van der Waals surface area contributed by atoms with Gasteiger partial charge in [0.2, 0.25) is 0 Å². The fraction of sp³-hybridized carbons (Fsp3) is 0.235. The number of anilines is 1. The first-order valence-corrected chi connectivity index (χ1v) is 8.13. The maximum Gasteiger partial charge on any atom is 0.257 e. The van der Waals surface area contributed by atoms with Gasteiger partial charge in [-0.05, 0) is 24.1 Å². The zero-order valence-corrected chi connectivity index (χ0v) is 14.8. The Hall–Kier alpha value is -2.11. The fourth-order valence-electron chi connectivity index (χ4n) is 1.92. The van der Waals surface area contributed by atoms with E-state index < -0.39 is 5.91 Å². The van der Waals surface area contributed by atoms with Crippen LogP contribution in [0.15, 0.2) is 36.5 Å². The van der Waals surface area contributed by atoms with Gasteiger partial charge in [0.25, 0.3) is 11.8 Å². The van der Waals surface area contributed by atoms with Crippen LogP contribution in [0.25, 0.3) is 0 Å². The lowest BCUT2D eigenvalue weighted by Crippen LogP contribution is -2.28. The summed E-state index contributed by atoms with van der Waals surface area (Å²) >= 11 is 11.6. The molecule has 0 aliphatic rings. The lowest BCUT2D eigenvalue weighted by atomic mass is 10.1. The van der Waals surface area contributed by atoms with Crippen molar-refractivity contribution in [2.75, 3.05) is 11.9 Å². The van der Waals surface area contributed by atoms with Gasteiger partial charge in [0, 0.05) is 12.7 Å². The minimum atomic E-state index is -0.426. The summed E-state index contributed by atoms with van der Waals surface area (Å²) in [5.41, 5.74) is 1.05. The second-order valence-corrected chi connectivity index (χ2v) is 6.37. The highest BCUT2D eigenvalue weighted by molar-refractivity contribution is 6.41. The van der Waals surface area contributed by atoms with Gasteiger partial charge >= 0.3 is 0 Å². The highest BCUT2D eigenvalue weighted by Crippen LogP contribution is 2.21. The van der Waals surface area contributed by atoms with Crippen LogP contribution in [-0.4, -0.2) is 23.3 Å². The van der Waals surface area contributed by atoms with Crippen molar-refractivity contribution >= 4 is 40.7 Å². The third-order valence-electron chi connectivity index (χ3n) is 3.15. The van der Waals surface area contributed by atoms with Crippen LogP contribution in [-0.2, 0) is 0 Å². The van der Waals surface area contributed by atoms with Crippen molar-refractivity contribution in [1.82, 2.24) is 10.3 Å². The van der Waals surface area contributed by atoms with Gasteiger partial charge in [0.05, 0.1) is 21.8 Å². The molecule has 24 heavy (non-hydrogen) atoms. The van der Waals surface area contributed by atoms with Crippen molar-refractivity contribution in [2.24, 2.45) is 5.92 Å². The quantitative estimate of drug-likeness (QED) is 0.785. The first-order valence-electron chi connectivity index (χ1n) is 7.38. The maximum atomic E-state index is 12.3. The molecule has 0 spiro atoms. The molecule has 2 amide bonds. The Balaban J connectivity index is 2.18. The summed E-state index contributed by atoms with van der Waals surface area (Å²) < 4.78 is 0. The Morgan fingerprint density at radius 1 is 1.17 bits per heavy atom. The highest BCUT2D eigenvalue weighted by atomic mass is 35.5. The predicted octanol–water partition coefficient (Wildman–Crippen LogP) is 4.03. The van der Waals surface area contributed by atoms with Gasteiger partial charge in [0.15, 0.2) is 0 Å². The molecule has 2 N–H and O–H groups in total. The molecule has 1 heterocycles. The molecule has 0 fully saturated rings. The average Bonchev–Trinajstić information content (AvgIpc) is 2.55. The molecular weight excluding hydrogens is 349 g/mol. The Kier molecular flexibility index (Phi) is 6.17. The monoisotopic (exact) mass is 365 g/mol. The SMILES string of the molecule is CC(C)CNC(=O)c1ccccc1NC(=O)c1cnc(Cl)c(Cl)c1. The molecule has 1 aromatic carbocycles. The zero-order valence-electron chi connectivity index (χ0n) is 13.3. The third-order valence-corrected chi connectivity index (χ3v) is 3.84. The van der Waals surface area contributed by atoms with E-state index in [1.165, 1.54) is 12.3 Å². The molecule has 0 atom stereocenters. The van der Waals surface area contributed by atoms with E-state index in [4.69, 9.17) is 23.2 Å². The number of aromatic nitrogens is 1. The average molecular weight is 366 g/mol. The number of hydrogen-bond donors (Lipinski definition) is 2. The molecule has 0 unspecified atom stereocenters. The van der Waals surface area contributed by atoms with Crippen LogP contribution in [0, 0.1) is 5.92 Å². The molecule has 7 heteroatoms. The number of nitrogens with zero attached hydrogens (tertiary/aromatic N) is 1. The standard InChI is InChI=1S/C17H17Cl2N3O2/c1-10(2)8-21-17(24)12-5-3-4-6-14(12)22-16(23)11-7-13(18)15(19)20-9-11/h3-7,9-10H,8H2,1-2H3,(H,21,24)(H,22,23). The third kappa shape index (κ3) is 4.69. The number of pyridine rings is 1. The molecule has 0 bridgehead atoms. The molecule has 2 rings (SSSR count). The number of rotatable bonds is 5.